The molecule has 0 aliphatic heterocycles. The minimum absolute atomic E-state index is 0. The highest BCUT2D eigenvalue weighted by Gasteiger charge is 2.21. The van der Waals surface area contributed by atoms with E-state index in [0.717, 1.165) is 12.5 Å². The van der Waals surface area contributed by atoms with Gasteiger partial charge in [-0.2, -0.15) is 0 Å². The number of carbonyl (C=O) groups excluding carboxylic acids is 1. The van der Waals surface area contributed by atoms with Crippen LogP contribution in [0.15, 0.2) is 22.5 Å². The molecule has 0 saturated carbocycles. The van der Waals surface area contributed by atoms with Crippen LogP contribution >= 0.6 is 35.3 Å². The molecule has 1 atom stereocenters. The lowest BCUT2D eigenvalue weighted by Gasteiger charge is -2.22. The molecule has 1 rings (SSSR count). The van der Waals surface area contributed by atoms with E-state index in [-0.39, 0.29) is 41.3 Å². The van der Waals surface area contributed by atoms with E-state index in [9.17, 15) is 4.79 Å². The van der Waals surface area contributed by atoms with Crippen molar-refractivity contribution in [2.24, 2.45) is 10.9 Å². The standard InChI is InChI=1S/C16H27N3O2S.HI/c1-6-17-15(18-10-12(2)14(20)21-5)19-11-16(3,4)13-8-7-9-22-13;/h7-9,12H,6,10-11H2,1-5H3,(H2,17,18,19);1H. The average molecular weight is 453 g/mol. The Kier molecular flexibility index (Phi) is 10.5. The fraction of sp³-hybridized carbons (Fsp3) is 0.625. The molecule has 0 bridgehead atoms. The molecule has 7 heteroatoms. The van der Waals surface area contributed by atoms with Crippen molar-refractivity contribution in [3.8, 4) is 0 Å². The van der Waals surface area contributed by atoms with Crippen molar-refractivity contribution in [1.29, 1.82) is 0 Å². The number of thiophene rings is 1. The van der Waals surface area contributed by atoms with Gasteiger partial charge in [-0.15, -0.1) is 35.3 Å². The molecule has 1 aromatic rings. The predicted molar refractivity (Wildman–Crippen MR) is 108 cm³/mol. The summed E-state index contributed by atoms with van der Waals surface area (Å²) in [5, 5.41) is 8.48. The average Bonchev–Trinajstić information content (AvgIpc) is 3.04. The number of aliphatic imine (C=N–C) groups is 1. The second-order valence-corrected chi connectivity index (χ2v) is 6.81. The monoisotopic (exact) mass is 453 g/mol. The molecule has 0 radical (unpaired) electrons. The maximum Gasteiger partial charge on any atom is 0.310 e. The van der Waals surface area contributed by atoms with E-state index in [2.05, 4.69) is 47.0 Å². The predicted octanol–water partition coefficient (Wildman–Crippen LogP) is 3.01. The first-order valence-corrected chi connectivity index (χ1v) is 8.42. The van der Waals surface area contributed by atoms with Crippen molar-refractivity contribution in [2.75, 3.05) is 26.7 Å². The summed E-state index contributed by atoms with van der Waals surface area (Å²) >= 11 is 1.75. The molecule has 1 heterocycles. The molecule has 0 fully saturated rings. The number of nitrogens with zero attached hydrogens (tertiary/aromatic N) is 1. The SMILES string of the molecule is CCNC(=NCC(C)(C)c1cccs1)NCC(C)C(=O)OC.I. The van der Waals surface area contributed by atoms with Crippen LogP contribution < -0.4 is 10.6 Å². The largest absolute Gasteiger partial charge is 0.469 e. The maximum absolute atomic E-state index is 11.4. The molecule has 0 saturated heterocycles. The third kappa shape index (κ3) is 7.52. The van der Waals surface area contributed by atoms with Crippen molar-refractivity contribution in [2.45, 2.75) is 33.1 Å². The minimum atomic E-state index is -0.220. The highest BCUT2D eigenvalue weighted by atomic mass is 127. The molecule has 0 aromatic carbocycles. The van der Waals surface area contributed by atoms with Crippen LogP contribution in [0.1, 0.15) is 32.6 Å². The van der Waals surface area contributed by atoms with Crippen molar-refractivity contribution >= 4 is 47.2 Å². The Labute approximate surface area is 160 Å². The third-order valence-corrected chi connectivity index (χ3v) is 4.58. The van der Waals surface area contributed by atoms with Gasteiger partial charge in [0.25, 0.3) is 0 Å². The molecule has 0 aliphatic carbocycles. The first kappa shape index (κ1) is 22.2. The van der Waals surface area contributed by atoms with Gasteiger partial charge in [-0.1, -0.05) is 26.8 Å². The molecule has 5 nitrogen and oxygen atoms in total. The third-order valence-electron chi connectivity index (χ3n) is 3.34. The summed E-state index contributed by atoms with van der Waals surface area (Å²) < 4.78 is 4.73. The first-order chi connectivity index (χ1) is 10.4. The summed E-state index contributed by atoms with van der Waals surface area (Å²) in [6, 6.07) is 4.20. The van der Waals surface area contributed by atoms with Gasteiger partial charge in [-0.3, -0.25) is 9.79 Å². The summed E-state index contributed by atoms with van der Waals surface area (Å²) in [4.78, 5) is 17.4. The lowest BCUT2D eigenvalue weighted by atomic mass is 9.92. The van der Waals surface area contributed by atoms with Crippen LogP contribution in [0, 0.1) is 5.92 Å². The van der Waals surface area contributed by atoms with Gasteiger partial charge in [0.1, 0.15) is 0 Å². The molecule has 23 heavy (non-hydrogen) atoms. The topological polar surface area (TPSA) is 62.7 Å². The Morgan fingerprint density at radius 1 is 1.43 bits per heavy atom. The van der Waals surface area contributed by atoms with Gasteiger partial charge in [-0.05, 0) is 18.4 Å². The summed E-state index contributed by atoms with van der Waals surface area (Å²) in [5.74, 6) is 0.296. The van der Waals surface area contributed by atoms with Crippen LogP contribution in [0.2, 0.25) is 0 Å². The first-order valence-electron chi connectivity index (χ1n) is 7.54. The number of methoxy groups -OCH3 is 1. The second kappa shape index (κ2) is 10.9. The summed E-state index contributed by atoms with van der Waals surface area (Å²) in [6.45, 7) is 10.2. The second-order valence-electron chi connectivity index (χ2n) is 5.86. The van der Waals surface area contributed by atoms with E-state index in [1.807, 2.05) is 13.8 Å². The fourth-order valence-electron chi connectivity index (χ4n) is 1.89. The highest BCUT2D eigenvalue weighted by Crippen LogP contribution is 2.27. The molecule has 0 aliphatic rings. The summed E-state index contributed by atoms with van der Waals surface area (Å²) in [5.41, 5.74) is -0.00944. The van der Waals surface area contributed by atoms with Crippen LogP contribution in [-0.2, 0) is 14.9 Å². The van der Waals surface area contributed by atoms with E-state index >= 15 is 0 Å². The zero-order valence-corrected chi connectivity index (χ0v) is 17.7. The summed E-state index contributed by atoms with van der Waals surface area (Å²) in [7, 11) is 1.40. The Morgan fingerprint density at radius 3 is 2.65 bits per heavy atom. The van der Waals surface area contributed by atoms with Crippen LogP contribution in [-0.4, -0.2) is 38.7 Å². The smallest absolute Gasteiger partial charge is 0.310 e. The zero-order valence-electron chi connectivity index (χ0n) is 14.5. The molecule has 1 aromatic heterocycles. The van der Waals surface area contributed by atoms with E-state index in [0.29, 0.717) is 13.1 Å². The van der Waals surface area contributed by atoms with Gasteiger partial charge in [0.2, 0.25) is 0 Å². The zero-order chi connectivity index (χ0) is 16.6. The van der Waals surface area contributed by atoms with Crippen LogP contribution in [0.3, 0.4) is 0 Å². The number of esters is 1. The lowest BCUT2D eigenvalue weighted by Crippen LogP contribution is -2.41. The van der Waals surface area contributed by atoms with Crippen molar-refractivity contribution < 1.29 is 9.53 Å². The molecular weight excluding hydrogens is 425 g/mol. The number of ether oxygens (including phenoxy) is 1. The minimum Gasteiger partial charge on any atom is -0.469 e. The highest BCUT2D eigenvalue weighted by molar-refractivity contribution is 14.0. The Balaban J connectivity index is 0.00000484. The maximum atomic E-state index is 11.4. The van der Waals surface area contributed by atoms with E-state index in [1.54, 1.807) is 11.3 Å². The van der Waals surface area contributed by atoms with Gasteiger partial charge in [0, 0.05) is 23.4 Å². The quantitative estimate of drug-likeness (QED) is 0.289. The van der Waals surface area contributed by atoms with Gasteiger partial charge in [-0.25, -0.2) is 0 Å². The van der Waals surface area contributed by atoms with Crippen LogP contribution in [0.4, 0.5) is 0 Å². The summed E-state index contributed by atoms with van der Waals surface area (Å²) in [6.07, 6.45) is 0. The molecule has 0 spiro atoms. The van der Waals surface area contributed by atoms with Crippen molar-refractivity contribution in [3.05, 3.63) is 22.4 Å². The van der Waals surface area contributed by atoms with Gasteiger partial charge >= 0.3 is 5.97 Å². The fourth-order valence-corrected chi connectivity index (χ4v) is 2.74. The molecule has 132 valence electrons. The number of guanidine groups is 1. The number of hydrogen-bond donors (Lipinski definition) is 2. The van der Waals surface area contributed by atoms with E-state index in [1.165, 1.54) is 12.0 Å². The van der Waals surface area contributed by atoms with Crippen molar-refractivity contribution in [1.82, 2.24) is 10.6 Å². The van der Waals surface area contributed by atoms with E-state index in [4.69, 9.17) is 4.74 Å². The van der Waals surface area contributed by atoms with Gasteiger partial charge in [0.15, 0.2) is 5.96 Å². The Morgan fingerprint density at radius 2 is 2.13 bits per heavy atom. The van der Waals surface area contributed by atoms with Crippen LogP contribution in [0.5, 0.6) is 0 Å². The van der Waals surface area contributed by atoms with Crippen molar-refractivity contribution in [3.63, 3.8) is 0 Å². The molecule has 0 amide bonds. The number of nitrogens with one attached hydrogen (secondary N) is 2. The number of carbonyl (C=O) groups is 1. The van der Waals surface area contributed by atoms with Gasteiger partial charge in [0.05, 0.1) is 19.6 Å². The Hall–Kier alpha value is -0.830. The normalized spacial score (nSPS) is 13.0. The number of hydrogen-bond acceptors (Lipinski definition) is 4. The van der Waals surface area contributed by atoms with Gasteiger partial charge < -0.3 is 15.4 Å². The van der Waals surface area contributed by atoms with Crippen LogP contribution in [0.25, 0.3) is 0 Å². The molecule has 1 unspecified atom stereocenters. The molecule has 2 N–H and O–H groups in total. The lowest BCUT2D eigenvalue weighted by molar-refractivity contribution is -0.144. The molecular formula is C16H28IN3O2S. The number of rotatable bonds is 7. The Bertz CT molecular complexity index is 490. The number of halogens is 1. The van der Waals surface area contributed by atoms with E-state index < -0.39 is 0 Å².